The van der Waals surface area contributed by atoms with Crippen molar-refractivity contribution in [1.29, 1.82) is 0 Å². The summed E-state index contributed by atoms with van der Waals surface area (Å²) in [5, 5.41) is 27.0. The van der Waals surface area contributed by atoms with Crippen LogP contribution in [0.4, 0.5) is 32.2 Å². The van der Waals surface area contributed by atoms with E-state index in [4.69, 9.17) is 41.5 Å². The van der Waals surface area contributed by atoms with Gasteiger partial charge in [-0.05, 0) is 62.1 Å². The molecular weight excluding hydrogens is 662 g/mol. The molecular formula is C29H33ClF6N6O5. The number of pyridine rings is 1. The smallest absolute Gasteiger partial charge is 0.475 e. The van der Waals surface area contributed by atoms with Crippen LogP contribution in [0.15, 0.2) is 36.4 Å². The number of benzene rings is 1. The van der Waals surface area contributed by atoms with Crippen LogP contribution in [0.2, 0.25) is 5.02 Å². The number of nitrogens with one attached hydrogen (secondary N) is 2. The molecule has 0 saturated carbocycles. The van der Waals surface area contributed by atoms with E-state index in [0.717, 1.165) is 61.4 Å². The molecule has 4 heterocycles. The number of hydrogen-bond donors (Lipinski definition) is 4. The second-order valence-electron chi connectivity index (χ2n) is 10.7. The van der Waals surface area contributed by atoms with Crippen LogP contribution in [0.25, 0.3) is 11.0 Å². The molecule has 1 aromatic carbocycles. The minimum Gasteiger partial charge on any atom is -0.475 e. The summed E-state index contributed by atoms with van der Waals surface area (Å²) in [6.07, 6.45) is -3.20. The fourth-order valence-corrected chi connectivity index (χ4v) is 4.91. The van der Waals surface area contributed by atoms with Crippen molar-refractivity contribution in [3.8, 4) is 0 Å². The number of anilines is 1. The molecule has 4 N–H and O–H groups in total. The zero-order chi connectivity index (χ0) is 34.8. The van der Waals surface area contributed by atoms with Gasteiger partial charge in [0, 0.05) is 30.7 Å². The Morgan fingerprint density at radius 2 is 1.47 bits per heavy atom. The standard InChI is InChI=1S/C25H31ClN6O.2C2HF3O2/c26-19-9-7-18(8-10-19)17-32-24-21(11-12-22(29-24)31-14-3-1-2-4-15-31)23(30-32)25(33)28-20-6-5-13-27-16-20;2*3-2(4,5)1(6)7/h7-12,20,27H,1-6,13-17H2,(H,28,33);2*(H,6,7). The minimum absolute atomic E-state index is 0.132. The summed E-state index contributed by atoms with van der Waals surface area (Å²) in [6, 6.07) is 11.9. The maximum atomic E-state index is 13.2. The number of carboxylic acids is 2. The Balaban J connectivity index is 0.000000360. The zero-order valence-corrected chi connectivity index (χ0v) is 25.6. The first-order valence-electron chi connectivity index (χ1n) is 14.5. The summed E-state index contributed by atoms with van der Waals surface area (Å²) in [7, 11) is 0. The first-order chi connectivity index (χ1) is 22.1. The van der Waals surface area contributed by atoms with E-state index in [9.17, 15) is 31.1 Å². The third-order valence-corrected chi connectivity index (χ3v) is 7.34. The van der Waals surface area contributed by atoms with Crippen LogP contribution in [0.5, 0.6) is 0 Å². The molecule has 0 radical (unpaired) electrons. The lowest BCUT2D eigenvalue weighted by Crippen LogP contribution is -2.45. The molecule has 47 heavy (non-hydrogen) atoms. The van der Waals surface area contributed by atoms with Gasteiger partial charge >= 0.3 is 24.3 Å². The average molecular weight is 695 g/mol. The molecule has 2 aliphatic heterocycles. The van der Waals surface area contributed by atoms with E-state index in [1.165, 1.54) is 25.7 Å². The van der Waals surface area contributed by atoms with Gasteiger partial charge in [-0.15, -0.1) is 0 Å². The number of halogens is 7. The van der Waals surface area contributed by atoms with E-state index < -0.39 is 24.3 Å². The van der Waals surface area contributed by atoms with Gasteiger partial charge < -0.3 is 25.7 Å². The quantitative estimate of drug-likeness (QED) is 0.262. The molecule has 1 unspecified atom stereocenters. The van der Waals surface area contributed by atoms with Crippen molar-refractivity contribution in [2.24, 2.45) is 0 Å². The van der Waals surface area contributed by atoms with Crippen LogP contribution in [-0.2, 0) is 16.1 Å². The first-order valence-corrected chi connectivity index (χ1v) is 14.9. The van der Waals surface area contributed by atoms with Crippen molar-refractivity contribution in [2.45, 2.75) is 63.5 Å². The van der Waals surface area contributed by atoms with Gasteiger partial charge in [-0.3, -0.25) is 4.79 Å². The fourth-order valence-electron chi connectivity index (χ4n) is 4.79. The number of aromatic nitrogens is 3. The van der Waals surface area contributed by atoms with Gasteiger partial charge in [0.2, 0.25) is 0 Å². The Morgan fingerprint density at radius 3 is 1.98 bits per heavy atom. The van der Waals surface area contributed by atoms with E-state index in [0.29, 0.717) is 17.3 Å². The lowest BCUT2D eigenvalue weighted by Gasteiger charge is -2.23. The zero-order valence-electron chi connectivity index (χ0n) is 24.9. The molecule has 18 heteroatoms. The Kier molecular flexibility index (Phi) is 13.2. The third-order valence-electron chi connectivity index (χ3n) is 7.09. The largest absolute Gasteiger partial charge is 0.490 e. The predicted molar refractivity (Wildman–Crippen MR) is 160 cm³/mol. The number of piperidine rings is 1. The highest BCUT2D eigenvalue weighted by Gasteiger charge is 2.39. The lowest BCUT2D eigenvalue weighted by atomic mass is 10.1. The van der Waals surface area contributed by atoms with Gasteiger partial charge in [0.1, 0.15) is 5.82 Å². The fraction of sp³-hybridized carbons (Fsp3) is 0.483. The van der Waals surface area contributed by atoms with Gasteiger partial charge in [-0.2, -0.15) is 31.4 Å². The number of fused-ring (bicyclic) bond motifs is 1. The second kappa shape index (κ2) is 16.6. The minimum atomic E-state index is -5.08. The lowest BCUT2D eigenvalue weighted by molar-refractivity contribution is -0.193. The van der Waals surface area contributed by atoms with E-state index in [-0.39, 0.29) is 11.9 Å². The van der Waals surface area contributed by atoms with Gasteiger partial charge in [-0.1, -0.05) is 36.6 Å². The van der Waals surface area contributed by atoms with Crippen LogP contribution in [0.1, 0.15) is 54.6 Å². The summed E-state index contributed by atoms with van der Waals surface area (Å²) < 4.78 is 65.3. The maximum absolute atomic E-state index is 13.2. The van der Waals surface area contributed by atoms with E-state index in [2.05, 4.69) is 15.5 Å². The molecule has 0 bridgehead atoms. The number of amides is 1. The highest BCUT2D eigenvalue weighted by molar-refractivity contribution is 6.30. The van der Waals surface area contributed by atoms with E-state index in [1.807, 2.05) is 41.1 Å². The molecule has 5 rings (SSSR count). The number of carbonyl (C=O) groups excluding carboxylic acids is 1. The summed E-state index contributed by atoms with van der Waals surface area (Å²) in [5.74, 6) is -4.68. The highest BCUT2D eigenvalue weighted by atomic mass is 35.5. The van der Waals surface area contributed by atoms with Crippen molar-refractivity contribution < 1.29 is 50.9 Å². The van der Waals surface area contributed by atoms with Gasteiger partial charge in [0.25, 0.3) is 5.91 Å². The topological polar surface area (TPSA) is 150 Å². The number of carbonyl (C=O) groups is 3. The molecule has 11 nitrogen and oxygen atoms in total. The molecule has 0 aliphatic carbocycles. The summed E-state index contributed by atoms with van der Waals surface area (Å²) in [6.45, 7) is 4.38. The van der Waals surface area contributed by atoms with Gasteiger partial charge in [0.15, 0.2) is 11.3 Å². The molecule has 3 aromatic rings. The van der Waals surface area contributed by atoms with Gasteiger partial charge in [-0.25, -0.2) is 19.3 Å². The summed E-state index contributed by atoms with van der Waals surface area (Å²) >= 11 is 6.07. The van der Waals surface area contributed by atoms with Crippen molar-refractivity contribution in [2.75, 3.05) is 31.1 Å². The van der Waals surface area contributed by atoms with Crippen molar-refractivity contribution >= 4 is 46.3 Å². The Labute approximate surface area is 269 Å². The van der Waals surface area contributed by atoms with Crippen molar-refractivity contribution in [3.05, 3.63) is 52.7 Å². The highest BCUT2D eigenvalue weighted by Crippen LogP contribution is 2.25. The Hall–Kier alpha value is -4.12. The van der Waals surface area contributed by atoms with Crippen molar-refractivity contribution in [1.82, 2.24) is 25.4 Å². The monoisotopic (exact) mass is 694 g/mol. The molecule has 2 saturated heterocycles. The van der Waals surface area contributed by atoms with Crippen LogP contribution in [0, 0.1) is 0 Å². The molecule has 2 aromatic heterocycles. The van der Waals surface area contributed by atoms with Crippen LogP contribution < -0.4 is 15.5 Å². The SMILES string of the molecule is O=C(NC1CCCNC1)c1nn(Cc2ccc(Cl)cc2)c2nc(N3CCCCCC3)ccc12.O=C(O)C(F)(F)F.O=C(O)C(F)(F)F. The number of nitrogens with zero attached hydrogens (tertiary/aromatic N) is 4. The van der Waals surface area contributed by atoms with E-state index >= 15 is 0 Å². The number of aliphatic carboxylic acids is 2. The average Bonchev–Trinajstić information content (AvgIpc) is 3.15. The third kappa shape index (κ3) is 11.6. The van der Waals surface area contributed by atoms with Gasteiger partial charge in [0.05, 0.1) is 11.9 Å². The second-order valence-corrected chi connectivity index (χ2v) is 11.1. The number of hydrogen-bond acceptors (Lipinski definition) is 7. The molecule has 0 spiro atoms. The summed E-state index contributed by atoms with van der Waals surface area (Å²) in [4.78, 5) is 38.4. The first kappa shape index (κ1) is 37.3. The molecule has 258 valence electrons. The Morgan fingerprint density at radius 1 is 0.894 bits per heavy atom. The molecule has 2 aliphatic rings. The molecule has 1 amide bonds. The van der Waals surface area contributed by atoms with E-state index in [1.54, 1.807) is 0 Å². The van der Waals surface area contributed by atoms with Crippen molar-refractivity contribution in [3.63, 3.8) is 0 Å². The normalized spacial score (nSPS) is 17.0. The van der Waals surface area contributed by atoms with Crippen LogP contribution in [0.3, 0.4) is 0 Å². The predicted octanol–water partition coefficient (Wildman–Crippen LogP) is 5.26. The number of alkyl halides is 6. The maximum Gasteiger partial charge on any atom is 0.490 e. The van der Waals surface area contributed by atoms with Crippen LogP contribution >= 0.6 is 11.6 Å². The Bertz CT molecular complexity index is 1480. The number of rotatable bonds is 5. The molecule has 1 atom stereocenters. The molecule has 2 fully saturated rings. The summed E-state index contributed by atoms with van der Waals surface area (Å²) in [5.41, 5.74) is 2.26. The van der Waals surface area contributed by atoms with Crippen LogP contribution in [-0.4, -0.2) is 87.4 Å². The number of carboxylic acid groups (broad SMARTS) is 2.